The van der Waals surface area contributed by atoms with Crippen LogP contribution in [0.2, 0.25) is 0 Å². The fourth-order valence-electron chi connectivity index (χ4n) is 1.69. The zero-order valence-corrected chi connectivity index (χ0v) is 10.0. The van der Waals surface area contributed by atoms with E-state index in [2.05, 4.69) is 45.0 Å². The van der Waals surface area contributed by atoms with Gasteiger partial charge in [0.25, 0.3) is 0 Å². The molecular formula is C13H19Cl. The first-order valence-corrected chi connectivity index (χ1v) is 5.79. The van der Waals surface area contributed by atoms with E-state index in [0.717, 1.165) is 12.8 Å². The quantitative estimate of drug-likeness (QED) is 0.642. The van der Waals surface area contributed by atoms with Crippen LogP contribution in [0.4, 0.5) is 0 Å². The number of alkyl halides is 1. The van der Waals surface area contributed by atoms with E-state index >= 15 is 0 Å². The smallest absolute Gasteiger partial charge is 0.0401 e. The number of rotatable bonds is 4. The fourth-order valence-corrected chi connectivity index (χ4v) is 2.05. The van der Waals surface area contributed by atoms with Crippen LogP contribution in [-0.2, 0) is 0 Å². The molecule has 0 saturated carbocycles. The van der Waals surface area contributed by atoms with Gasteiger partial charge < -0.3 is 0 Å². The zero-order chi connectivity index (χ0) is 10.6. The Bertz CT molecular complexity index is 280. The highest BCUT2D eigenvalue weighted by molar-refractivity contribution is 6.21. The van der Waals surface area contributed by atoms with Crippen molar-refractivity contribution in [2.75, 3.05) is 0 Å². The maximum absolute atomic E-state index is 6.32. The van der Waals surface area contributed by atoms with Gasteiger partial charge in [0.2, 0.25) is 0 Å². The fraction of sp³-hybridized carbons (Fsp3) is 0.538. The molecule has 1 heteroatoms. The SMILES string of the molecule is CCCC(Cl)C(C)c1cccc(C)c1. The van der Waals surface area contributed by atoms with Crippen LogP contribution in [0, 0.1) is 6.92 Å². The standard InChI is InChI=1S/C13H19Cl/c1-4-6-13(14)11(3)12-8-5-7-10(2)9-12/h5,7-9,11,13H,4,6H2,1-3H3. The molecule has 0 heterocycles. The molecule has 0 amide bonds. The molecule has 1 rings (SSSR count). The predicted molar refractivity (Wildman–Crippen MR) is 64.1 cm³/mol. The lowest BCUT2D eigenvalue weighted by atomic mass is 9.94. The van der Waals surface area contributed by atoms with E-state index in [4.69, 9.17) is 11.6 Å². The minimum atomic E-state index is 0.266. The topological polar surface area (TPSA) is 0 Å². The van der Waals surface area contributed by atoms with Crippen molar-refractivity contribution < 1.29 is 0 Å². The van der Waals surface area contributed by atoms with Gasteiger partial charge in [-0.2, -0.15) is 0 Å². The Hall–Kier alpha value is -0.490. The van der Waals surface area contributed by atoms with Crippen molar-refractivity contribution in [2.45, 2.75) is 44.9 Å². The Labute approximate surface area is 92.3 Å². The van der Waals surface area contributed by atoms with E-state index in [1.165, 1.54) is 11.1 Å². The van der Waals surface area contributed by atoms with Crippen molar-refractivity contribution in [3.8, 4) is 0 Å². The molecule has 1 aromatic carbocycles. The number of hydrogen-bond donors (Lipinski definition) is 0. The molecular weight excluding hydrogens is 192 g/mol. The van der Waals surface area contributed by atoms with E-state index in [0.29, 0.717) is 5.92 Å². The van der Waals surface area contributed by atoms with Crippen molar-refractivity contribution in [2.24, 2.45) is 0 Å². The van der Waals surface area contributed by atoms with Gasteiger partial charge in [0.05, 0.1) is 0 Å². The summed E-state index contributed by atoms with van der Waals surface area (Å²) >= 11 is 6.32. The van der Waals surface area contributed by atoms with Gasteiger partial charge in [-0.05, 0) is 24.8 Å². The highest BCUT2D eigenvalue weighted by Gasteiger charge is 2.15. The summed E-state index contributed by atoms with van der Waals surface area (Å²) in [5.41, 5.74) is 2.67. The van der Waals surface area contributed by atoms with Crippen molar-refractivity contribution in [3.05, 3.63) is 35.4 Å². The summed E-state index contributed by atoms with van der Waals surface area (Å²) in [4.78, 5) is 0. The molecule has 0 bridgehead atoms. The minimum absolute atomic E-state index is 0.266. The molecule has 2 unspecified atom stereocenters. The molecule has 0 N–H and O–H groups in total. The number of halogens is 1. The Kier molecular flexibility index (Phi) is 4.47. The monoisotopic (exact) mass is 210 g/mol. The first-order chi connectivity index (χ1) is 6.65. The molecule has 78 valence electrons. The van der Waals surface area contributed by atoms with Crippen LogP contribution in [0.15, 0.2) is 24.3 Å². The van der Waals surface area contributed by atoms with Crippen LogP contribution < -0.4 is 0 Å². The van der Waals surface area contributed by atoms with Crippen LogP contribution in [0.5, 0.6) is 0 Å². The second kappa shape index (κ2) is 5.41. The first kappa shape index (κ1) is 11.6. The maximum Gasteiger partial charge on any atom is 0.0401 e. The van der Waals surface area contributed by atoms with Gasteiger partial charge in [0.1, 0.15) is 0 Å². The average molecular weight is 211 g/mol. The summed E-state index contributed by atoms with van der Waals surface area (Å²) in [6, 6.07) is 8.63. The first-order valence-electron chi connectivity index (χ1n) is 5.35. The lowest BCUT2D eigenvalue weighted by Gasteiger charge is -2.18. The van der Waals surface area contributed by atoms with Crippen LogP contribution in [0.3, 0.4) is 0 Å². The van der Waals surface area contributed by atoms with Gasteiger partial charge in [-0.25, -0.2) is 0 Å². The molecule has 0 fully saturated rings. The summed E-state index contributed by atoms with van der Waals surface area (Å²) in [5, 5.41) is 0.266. The van der Waals surface area contributed by atoms with Gasteiger partial charge >= 0.3 is 0 Å². The van der Waals surface area contributed by atoms with Crippen molar-refractivity contribution in [1.29, 1.82) is 0 Å². The Morgan fingerprint density at radius 3 is 2.64 bits per heavy atom. The van der Waals surface area contributed by atoms with Crippen LogP contribution in [0.1, 0.15) is 43.7 Å². The van der Waals surface area contributed by atoms with Crippen LogP contribution in [-0.4, -0.2) is 5.38 Å². The number of aryl methyl sites for hydroxylation is 1. The lowest BCUT2D eigenvalue weighted by Crippen LogP contribution is -2.09. The van der Waals surface area contributed by atoms with Crippen LogP contribution in [0.25, 0.3) is 0 Å². The minimum Gasteiger partial charge on any atom is -0.122 e. The zero-order valence-electron chi connectivity index (χ0n) is 9.26. The van der Waals surface area contributed by atoms with E-state index in [-0.39, 0.29) is 5.38 Å². The second-order valence-corrected chi connectivity index (χ2v) is 4.57. The van der Waals surface area contributed by atoms with E-state index in [1.807, 2.05) is 0 Å². The Morgan fingerprint density at radius 2 is 2.07 bits per heavy atom. The molecule has 0 aromatic heterocycles. The van der Waals surface area contributed by atoms with Crippen molar-refractivity contribution in [3.63, 3.8) is 0 Å². The van der Waals surface area contributed by atoms with E-state index < -0.39 is 0 Å². The second-order valence-electron chi connectivity index (χ2n) is 4.01. The Balaban J connectivity index is 2.73. The van der Waals surface area contributed by atoms with E-state index in [1.54, 1.807) is 0 Å². The summed E-state index contributed by atoms with van der Waals surface area (Å²) in [7, 11) is 0. The molecule has 0 nitrogen and oxygen atoms in total. The molecule has 2 atom stereocenters. The third-order valence-electron chi connectivity index (χ3n) is 2.67. The van der Waals surface area contributed by atoms with Gasteiger partial charge in [-0.3, -0.25) is 0 Å². The highest BCUT2D eigenvalue weighted by atomic mass is 35.5. The summed E-state index contributed by atoms with van der Waals surface area (Å²) < 4.78 is 0. The summed E-state index contributed by atoms with van der Waals surface area (Å²) in [6.45, 7) is 6.51. The van der Waals surface area contributed by atoms with Gasteiger partial charge in [-0.15, -0.1) is 11.6 Å². The predicted octanol–water partition coefficient (Wildman–Crippen LogP) is 4.51. The highest BCUT2D eigenvalue weighted by Crippen LogP contribution is 2.26. The normalized spacial score (nSPS) is 15.1. The van der Waals surface area contributed by atoms with Gasteiger partial charge in [0.15, 0.2) is 0 Å². The average Bonchev–Trinajstić information content (AvgIpc) is 2.17. The molecule has 1 aromatic rings. The maximum atomic E-state index is 6.32. The van der Waals surface area contributed by atoms with Crippen molar-refractivity contribution in [1.82, 2.24) is 0 Å². The third kappa shape index (κ3) is 3.02. The molecule has 0 aliphatic carbocycles. The van der Waals surface area contributed by atoms with E-state index in [9.17, 15) is 0 Å². The molecule has 0 aliphatic heterocycles. The summed E-state index contributed by atoms with van der Waals surface area (Å²) in [5.74, 6) is 0.455. The number of benzene rings is 1. The molecule has 0 radical (unpaired) electrons. The lowest BCUT2D eigenvalue weighted by molar-refractivity contribution is 0.633. The van der Waals surface area contributed by atoms with Crippen molar-refractivity contribution >= 4 is 11.6 Å². The van der Waals surface area contributed by atoms with Crippen LogP contribution >= 0.6 is 11.6 Å². The molecule has 14 heavy (non-hydrogen) atoms. The largest absolute Gasteiger partial charge is 0.122 e. The number of hydrogen-bond acceptors (Lipinski definition) is 0. The third-order valence-corrected chi connectivity index (χ3v) is 3.27. The van der Waals surface area contributed by atoms with Gasteiger partial charge in [-0.1, -0.05) is 50.1 Å². The Morgan fingerprint density at radius 1 is 1.36 bits per heavy atom. The molecule has 0 aliphatic rings. The molecule has 0 saturated heterocycles. The molecule has 0 spiro atoms. The summed E-state index contributed by atoms with van der Waals surface area (Å²) in [6.07, 6.45) is 2.25. The van der Waals surface area contributed by atoms with Gasteiger partial charge in [0, 0.05) is 5.38 Å².